The average Bonchev–Trinajstić information content (AvgIpc) is 2.68. The van der Waals surface area contributed by atoms with E-state index in [9.17, 15) is 4.79 Å². The quantitative estimate of drug-likeness (QED) is 0.780. The van der Waals surface area contributed by atoms with E-state index in [1.807, 2.05) is 36.4 Å². The van der Waals surface area contributed by atoms with Crippen molar-refractivity contribution in [2.24, 2.45) is 0 Å². The van der Waals surface area contributed by atoms with Gasteiger partial charge in [-0.15, -0.1) is 0 Å². The minimum Gasteiger partial charge on any atom is -0.497 e. The zero-order chi connectivity index (χ0) is 17.5. The summed E-state index contributed by atoms with van der Waals surface area (Å²) >= 11 is 0. The zero-order valence-corrected chi connectivity index (χ0v) is 14.4. The van der Waals surface area contributed by atoms with Crippen LogP contribution in [0.2, 0.25) is 0 Å². The zero-order valence-electron chi connectivity index (χ0n) is 14.4. The van der Waals surface area contributed by atoms with Crippen LogP contribution in [0, 0.1) is 0 Å². The standard InChI is InChI=1S/C19H23N3O3/c1-24-17-5-2-15(3-6-17)14-20-19-16(8-11-23)4-7-18(21-19)22-9-12-25-13-10-22/h2-7,11H,8-10,12-14H2,1H3,(H,20,21). The Morgan fingerprint density at radius 3 is 2.64 bits per heavy atom. The second-order valence-corrected chi connectivity index (χ2v) is 5.85. The molecule has 6 heteroatoms. The summed E-state index contributed by atoms with van der Waals surface area (Å²) in [6, 6.07) is 11.8. The van der Waals surface area contributed by atoms with E-state index in [0.29, 0.717) is 26.2 Å². The molecule has 2 aromatic rings. The molecule has 0 amide bonds. The van der Waals surface area contributed by atoms with Crippen molar-refractivity contribution in [2.75, 3.05) is 43.6 Å². The first-order valence-electron chi connectivity index (χ1n) is 8.43. The largest absolute Gasteiger partial charge is 0.497 e. The van der Waals surface area contributed by atoms with Gasteiger partial charge in [0.25, 0.3) is 0 Å². The van der Waals surface area contributed by atoms with Gasteiger partial charge in [-0.25, -0.2) is 4.98 Å². The van der Waals surface area contributed by atoms with Gasteiger partial charge < -0.3 is 24.5 Å². The van der Waals surface area contributed by atoms with Crippen molar-refractivity contribution in [3.05, 3.63) is 47.5 Å². The van der Waals surface area contributed by atoms with E-state index in [1.54, 1.807) is 7.11 Å². The van der Waals surface area contributed by atoms with Crippen molar-refractivity contribution in [3.8, 4) is 5.75 Å². The Kier molecular flexibility index (Phi) is 5.85. The molecule has 0 unspecified atom stereocenters. The first-order valence-corrected chi connectivity index (χ1v) is 8.43. The van der Waals surface area contributed by atoms with Crippen LogP contribution in [0.1, 0.15) is 11.1 Å². The molecule has 0 spiro atoms. The third-order valence-corrected chi connectivity index (χ3v) is 4.22. The number of anilines is 2. The fourth-order valence-electron chi connectivity index (χ4n) is 2.78. The van der Waals surface area contributed by atoms with Crippen molar-refractivity contribution in [2.45, 2.75) is 13.0 Å². The Hall–Kier alpha value is -2.60. The molecular formula is C19H23N3O3. The summed E-state index contributed by atoms with van der Waals surface area (Å²) in [5, 5.41) is 3.36. The number of methoxy groups -OCH3 is 1. The Labute approximate surface area is 147 Å². The van der Waals surface area contributed by atoms with Gasteiger partial charge in [0.15, 0.2) is 0 Å². The van der Waals surface area contributed by atoms with E-state index in [-0.39, 0.29) is 0 Å². The molecule has 1 fully saturated rings. The molecule has 0 aliphatic carbocycles. The summed E-state index contributed by atoms with van der Waals surface area (Å²) < 4.78 is 10.6. The van der Waals surface area contributed by atoms with Gasteiger partial charge in [0, 0.05) is 31.6 Å². The number of aldehydes is 1. The number of benzene rings is 1. The van der Waals surface area contributed by atoms with Crippen LogP contribution in [0.3, 0.4) is 0 Å². The number of aromatic nitrogens is 1. The van der Waals surface area contributed by atoms with Gasteiger partial charge >= 0.3 is 0 Å². The molecule has 0 radical (unpaired) electrons. The van der Waals surface area contributed by atoms with Crippen molar-refractivity contribution in [3.63, 3.8) is 0 Å². The lowest BCUT2D eigenvalue weighted by atomic mass is 10.1. The average molecular weight is 341 g/mol. The highest BCUT2D eigenvalue weighted by molar-refractivity contribution is 5.62. The third kappa shape index (κ3) is 4.48. The van der Waals surface area contributed by atoms with Crippen LogP contribution in [0.4, 0.5) is 11.6 Å². The summed E-state index contributed by atoms with van der Waals surface area (Å²) in [5.74, 6) is 2.50. The second kappa shape index (κ2) is 8.48. The number of ether oxygens (including phenoxy) is 2. The monoisotopic (exact) mass is 341 g/mol. The van der Waals surface area contributed by atoms with Gasteiger partial charge in [0.05, 0.1) is 20.3 Å². The van der Waals surface area contributed by atoms with Crippen LogP contribution in [-0.4, -0.2) is 44.7 Å². The number of carbonyl (C=O) groups excluding carboxylic acids is 1. The van der Waals surface area contributed by atoms with Crippen LogP contribution >= 0.6 is 0 Å². The summed E-state index contributed by atoms with van der Waals surface area (Å²) in [6.07, 6.45) is 1.26. The highest BCUT2D eigenvalue weighted by Crippen LogP contribution is 2.21. The fraction of sp³-hybridized carbons (Fsp3) is 0.368. The van der Waals surface area contributed by atoms with E-state index in [1.165, 1.54) is 0 Å². The van der Waals surface area contributed by atoms with E-state index < -0.39 is 0 Å². The maximum absolute atomic E-state index is 11.0. The predicted octanol–water partition coefficient (Wildman–Crippen LogP) is 2.28. The van der Waals surface area contributed by atoms with Crippen LogP contribution in [0.25, 0.3) is 0 Å². The minimum absolute atomic E-state index is 0.349. The van der Waals surface area contributed by atoms with Gasteiger partial charge in [0.1, 0.15) is 23.7 Å². The number of morpholine rings is 1. The van der Waals surface area contributed by atoms with Crippen molar-refractivity contribution in [1.82, 2.24) is 4.98 Å². The Balaban J connectivity index is 1.75. The number of nitrogens with one attached hydrogen (secondary N) is 1. The first-order chi connectivity index (χ1) is 12.3. The topological polar surface area (TPSA) is 63.7 Å². The van der Waals surface area contributed by atoms with Crippen molar-refractivity contribution < 1.29 is 14.3 Å². The lowest BCUT2D eigenvalue weighted by Gasteiger charge is -2.28. The van der Waals surface area contributed by atoms with E-state index in [2.05, 4.69) is 10.2 Å². The maximum Gasteiger partial charge on any atom is 0.132 e. The Morgan fingerprint density at radius 1 is 1.20 bits per heavy atom. The van der Waals surface area contributed by atoms with E-state index in [0.717, 1.165) is 47.9 Å². The SMILES string of the molecule is COc1ccc(CNc2nc(N3CCOCC3)ccc2CC=O)cc1. The summed E-state index contributed by atoms with van der Waals surface area (Å²) in [7, 11) is 1.65. The van der Waals surface area contributed by atoms with Gasteiger partial charge in [-0.3, -0.25) is 0 Å². The van der Waals surface area contributed by atoms with E-state index >= 15 is 0 Å². The maximum atomic E-state index is 11.0. The summed E-state index contributed by atoms with van der Waals surface area (Å²) in [6.45, 7) is 3.73. The van der Waals surface area contributed by atoms with Crippen LogP contribution in [0.5, 0.6) is 5.75 Å². The highest BCUT2D eigenvalue weighted by Gasteiger charge is 2.14. The molecule has 2 heterocycles. The number of hydrogen-bond acceptors (Lipinski definition) is 6. The van der Waals surface area contributed by atoms with Gasteiger partial charge in [-0.1, -0.05) is 18.2 Å². The van der Waals surface area contributed by atoms with E-state index in [4.69, 9.17) is 14.5 Å². The predicted molar refractivity (Wildman–Crippen MR) is 97.4 cm³/mol. The lowest BCUT2D eigenvalue weighted by molar-refractivity contribution is -0.107. The molecule has 1 aliphatic heterocycles. The van der Waals surface area contributed by atoms with Gasteiger partial charge in [-0.2, -0.15) is 0 Å². The molecular weight excluding hydrogens is 318 g/mol. The fourth-order valence-corrected chi connectivity index (χ4v) is 2.78. The smallest absolute Gasteiger partial charge is 0.132 e. The third-order valence-electron chi connectivity index (χ3n) is 4.22. The van der Waals surface area contributed by atoms with Crippen molar-refractivity contribution in [1.29, 1.82) is 0 Å². The molecule has 132 valence electrons. The summed E-state index contributed by atoms with van der Waals surface area (Å²) in [5.41, 5.74) is 2.02. The molecule has 1 saturated heterocycles. The molecule has 0 bridgehead atoms. The van der Waals surface area contributed by atoms with Gasteiger partial charge in [-0.05, 0) is 23.8 Å². The normalized spacial score (nSPS) is 14.2. The number of nitrogens with zero attached hydrogens (tertiary/aromatic N) is 2. The number of pyridine rings is 1. The summed E-state index contributed by atoms with van der Waals surface area (Å²) in [4.78, 5) is 17.9. The molecule has 25 heavy (non-hydrogen) atoms. The Morgan fingerprint density at radius 2 is 1.96 bits per heavy atom. The molecule has 1 aliphatic rings. The molecule has 0 saturated carbocycles. The molecule has 1 aromatic heterocycles. The van der Waals surface area contributed by atoms with Crippen LogP contribution < -0.4 is 15.0 Å². The second-order valence-electron chi connectivity index (χ2n) is 5.85. The first kappa shape index (κ1) is 17.2. The number of rotatable bonds is 7. The molecule has 1 aromatic carbocycles. The number of hydrogen-bond donors (Lipinski definition) is 1. The minimum atomic E-state index is 0.349. The molecule has 3 rings (SSSR count). The number of carbonyl (C=O) groups is 1. The van der Waals surface area contributed by atoms with Crippen molar-refractivity contribution >= 4 is 17.9 Å². The van der Waals surface area contributed by atoms with Crippen LogP contribution in [-0.2, 0) is 22.5 Å². The molecule has 6 nitrogen and oxygen atoms in total. The highest BCUT2D eigenvalue weighted by atomic mass is 16.5. The Bertz CT molecular complexity index is 698. The van der Waals surface area contributed by atoms with Crippen LogP contribution in [0.15, 0.2) is 36.4 Å². The molecule has 1 N–H and O–H groups in total. The molecule has 0 atom stereocenters. The van der Waals surface area contributed by atoms with Gasteiger partial charge in [0.2, 0.25) is 0 Å². The lowest BCUT2D eigenvalue weighted by Crippen LogP contribution is -2.36.